The summed E-state index contributed by atoms with van der Waals surface area (Å²) in [6.45, 7) is 0. The van der Waals surface area contributed by atoms with Gasteiger partial charge in [-0.25, -0.2) is 0 Å². The number of benzene rings is 2. The summed E-state index contributed by atoms with van der Waals surface area (Å²) in [4.78, 5) is 15.2. The van der Waals surface area contributed by atoms with Gasteiger partial charge in [-0.15, -0.1) is 0 Å². The monoisotopic (exact) mass is 252 g/mol. The Morgan fingerprint density at radius 1 is 1.05 bits per heavy atom. The number of nitrogens with one attached hydrogen (secondary N) is 2. The van der Waals surface area contributed by atoms with Crippen LogP contribution in [0.15, 0.2) is 54.7 Å². The van der Waals surface area contributed by atoms with Crippen LogP contribution < -0.4 is 5.32 Å². The minimum atomic E-state index is -0.179. The summed E-state index contributed by atoms with van der Waals surface area (Å²) in [7, 11) is 0. The topological polar surface area (TPSA) is 65.1 Å². The van der Waals surface area contributed by atoms with Crippen LogP contribution in [-0.4, -0.2) is 16.0 Å². The van der Waals surface area contributed by atoms with Gasteiger partial charge in [-0.05, 0) is 47.9 Å². The molecule has 0 saturated carbocycles. The van der Waals surface area contributed by atoms with Gasteiger partial charge in [-0.2, -0.15) is 0 Å². The third-order valence-corrected chi connectivity index (χ3v) is 2.94. The highest BCUT2D eigenvalue weighted by atomic mass is 16.3. The highest BCUT2D eigenvalue weighted by molar-refractivity contribution is 6.06. The van der Waals surface area contributed by atoms with Crippen molar-refractivity contribution in [2.75, 3.05) is 5.32 Å². The van der Waals surface area contributed by atoms with Gasteiger partial charge in [0.2, 0.25) is 0 Å². The van der Waals surface area contributed by atoms with Crippen molar-refractivity contribution < 1.29 is 9.90 Å². The lowest BCUT2D eigenvalue weighted by atomic mass is 10.1. The maximum Gasteiger partial charge on any atom is 0.255 e. The van der Waals surface area contributed by atoms with Crippen LogP contribution >= 0.6 is 0 Å². The van der Waals surface area contributed by atoms with Crippen molar-refractivity contribution in [2.24, 2.45) is 0 Å². The van der Waals surface area contributed by atoms with Crippen LogP contribution in [0.1, 0.15) is 10.4 Å². The zero-order valence-electron chi connectivity index (χ0n) is 10.1. The quantitative estimate of drug-likeness (QED) is 0.613. The Balaban J connectivity index is 1.84. The van der Waals surface area contributed by atoms with Gasteiger partial charge in [-0.3, -0.25) is 4.79 Å². The van der Waals surface area contributed by atoms with Crippen molar-refractivity contribution in [1.82, 2.24) is 4.98 Å². The van der Waals surface area contributed by atoms with Gasteiger partial charge in [0, 0.05) is 23.0 Å². The molecule has 4 heteroatoms. The first kappa shape index (κ1) is 11.3. The number of anilines is 1. The summed E-state index contributed by atoms with van der Waals surface area (Å²) >= 11 is 0. The molecule has 0 aliphatic heterocycles. The van der Waals surface area contributed by atoms with Gasteiger partial charge in [0.1, 0.15) is 5.75 Å². The zero-order valence-corrected chi connectivity index (χ0v) is 10.1. The van der Waals surface area contributed by atoms with E-state index in [0.717, 1.165) is 10.9 Å². The SMILES string of the molecule is O=C(Nc1ccc(O)cc1)c1ccc2cc[nH]c2c1. The van der Waals surface area contributed by atoms with E-state index in [1.165, 1.54) is 12.1 Å². The molecule has 1 heterocycles. The maximum atomic E-state index is 12.1. The molecule has 19 heavy (non-hydrogen) atoms. The third kappa shape index (κ3) is 2.28. The Hall–Kier alpha value is -2.75. The molecule has 0 saturated heterocycles. The summed E-state index contributed by atoms with van der Waals surface area (Å²) in [5.74, 6) is -0.00649. The molecule has 0 unspecified atom stereocenters. The van der Waals surface area contributed by atoms with E-state index < -0.39 is 0 Å². The van der Waals surface area contributed by atoms with E-state index in [0.29, 0.717) is 11.3 Å². The molecule has 3 N–H and O–H groups in total. The number of amides is 1. The number of aromatic hydroxyl groups is 1. The van der Waals surface area contributed by atoms with Crippen molar-refractivity contribution in [3.05, 3.63) is 60.3 Å². The molecule has 94 valence electrons. The van der Waals surface area contributed by atoms with Crippen LogP contribution in [0, 0.1) is 0 Å². The molecule has 0 aliphatic rings. The van der Waals surface area contributed by atoms with Crippen molar-refractivity contribution in [3.63, 3.8) is 0 Å². The van der Waals surface area contributed by atoms with Crippen molar-refractivity contribution in [1.29, 1.82) is 0 Å². The van der Waals surface area contributed by atoms with Crippen molar-refractivity contribution in [3.8, 4) is 5.75 Å². The van der Waals surface area contributed by atoms with E-state index in [9.17, 15) is 9.90 Å². The Labute approximate surface area is 109 Å². The fraction of sp³-hybridized carbons (Fsp3) is 0. The number of H-pyrrole nitrogens is 1. The number of rotatable bonds is 2. The minimum absolute atomic E-state index is 0.172. The van der Waals surface area contributed by atoms with E-state index in [1.54, 1.807) is 18.2 Å². The molecule has 0 fully saturated rings. The number of carbonyl (C=O) groups is 1. The number of aromatic nitrogens is 1. The largest absolute Gasteiger partial charge is 0.508 e. The second kappa shape index (κ2) is 4.49. The first-order chi connectivity index (χ1) is 9.22. The second-order valence-corrected chi connectivity index (χ2v) is 4.28. The highest BCUT2D eigenvalue weighted by Crippen LogP contribution is 2.17. The first-order valence-corrected chi connectivity index (χ1v) is 5.90. The van der Waals surface area contributed by atoms with Crippen LogP contribution in [-0.2, 0) is 0 Å². The maximum absolute atomic E-state index is 12.1. The van der Waals surface area contributed by atoms with Crippen LogP contribution in [0.2, 0.25) is 0 Å². The third-order valence-electron chi connectivity index (χ3n) is 2.94. The lowest BCUT2D eigenvalue weighted by Gasteiger charge is -2.05. The predicted octanol–water partition coefficient (Wildman–Crippen LogP) is 3.13. The zero-order chi connectivity index (χ0) is 13.2. The molecule has 3 rings (SSSR count). The minimum Gasteiger partial charge on any atom is -0.508 e. The second-order valence-electron chi connectivity index (χ2n) is 4.28. The van der Waals surface area contributed by atoms with E-state index in [1.807, 2.05) is 24.4 Å². The Morgan fingerprint density at radius 3 is 2.63 bits per heavy atom. The number of phenols is 1. The molecule has 0 bridgehead atoms. The Morgan fingerprint density at radius 2 is 1.84 bits per heavy atom. The number of aromatic amines is 1. The van der Waals surface area contributed by atoms with Crippen LogP contribution in [0.4, 0.5) is 5.69 Å². The van der Waals surface area contributed by atoms with Gasteiger partial charge in [0.25, 0.3) is 5.91 Å². The standard InChI is InChI=1S/C15H12N2O2/c18-13-5-3-12(4-6-13)17-15(19)11-2-1-10-7-8-16-14(10)9-11/h1-9,16,18H,(H,17,19). The molecule has 3 aromatic rings. The van der Waals surface area contributed by atoms with Gasteiger partial charge in [-0.1, -0.05) is 6.07 Å². The lowest BCUT2D eigenvalue weighted by molar-refractivity contribution is 0.102. The van der Waals surface area contributed by atoms with Crippen molar-refractivity contribution >= 4 is 22.5 Å². The lowest BCUT2D eigenvalue weighted by Crippen LogP contribution is -2.11. The number of hydrogen-bond donors (Lipinski definition) is 3. The fourth-order valence-electron chi connectivity index (χ4n) is 1.94. The highest BCUT2D eigenvalue weighted by Gasteiger charge is 2.07. The molecule has 2 aromatic carbocycles. The molecule has 0 radical (unpaired) electrons. The number of phenolic OH excluding ortho intramolecular Hbond substituents is 1. The molecule has 0 aliphatic carbocycles. The first-order valence-electron chi connectivity index (χ1n) is 5.90. The van der Waals surface area contributed by atoms with Gasteiger partial charge in [0.05, 0.1) is 0 Å². The van der Waals surface area contributed by atoms with E-state index in [4.69, 9.17) is 0 Å². The van der Waals surface area contributed by atoms with Crippen LogP contribution in [0.3, 0.4) is 0 Å². The van der Waals surface area contributed by atoms with Crippen LogP contribution in [0.25, 0.3) is 10.9 Å². The summed E-state index contributed by atoms with van der Waals surface area (Å²) in [5.41, 5.74) is 2.16. The molecular formula is C15H12N2O2. The average molecular weight is 252 g/mol. The van der Waals surface area contributed by atoms with Gasteiger partial charge >= 0.3 is 0 Å². The van der Waals surface area contributed by atoms with E-state index >= 15 is 0 Å². The summed E-state index contributed by atoms with van der Waals surface area (Å²) in [5, 5.41) is 13.0. The van der Waals surface area contributed by atoms with Gasteiger partial charge in [0.15, 0.2) is 0 Å². The number of carbonyl (C=O) groups excluding carboxylic acids is 1. The summed E-state index contributed by atoms with van der Waals surface area (Å²) < 4.78 is 0. The summed E-state index contributed by atoms with van der Waals surface area (Å²) in [6, 6.07) is 13.8. The molecule has 4 nitrogen and oxygen atoms in total. The van der Waals surface area contributed by atoms with Crippen LogP contribution in [0.5, 0.6) is 5.75 Å². The van der Waals surface area contributed by atoms with E-state index in [2.05, 4.69) is 10.3 Å². The molecule has 1 aromatic heterocycles. The normalized spacial score (nSPS) is 10.5. The molecular weight excluding hydrogens is 240 g/mol. The fourth-order valence-corrected chi connectivity index (χ4v) is 1.94. The van der Waals surface area contributed by atoms with E-state index in [-0.39, 0.29) is 11.7 Å². The molecule has 0 atom stereocenters. The Kier molecular flexibility index (Phi) is 2.68. The summed E-state index contributed by atoms with van der Waals surface area (Å²) in [6.07, 6.45) is 1.84. The Bertz CT molecular complexity index is 729. The van der Waals surface area contributed by atoms with Crippen molar-refractivity contribution in [2.45, 2.75) is 0 Å². The smallest absolute Gasteiger partial charge is 0.255 e. The molecule has 1 amide bonds. The predicted molar refractivity (Wildman–Crippen MR) is 74.4 cm³/mol. The number of fused-ring (bicyclic) bond motifs is 1. The number of hydrogen-bond acceptors (Lipinski definition) is 2. The molecule has 0 spiro atoms. The van der Waals surface area contributed by atoms with Gasteiger partial charge < -0.3 is 15.4 Å². The average Bonchev–Trinajstić information content (AvgIpc) is 2.88.